The Balaban J connectivity index is 1.62. The second-order valence-electron chi connectivity index (χ2n) is 8.92. The molecule has 0 aromatic carbocycles. The highest BCUT2D eigenvalue weighted by Crippen LogP contribution is 2.52. The number of amidine groups is 1. The maximum absolute atomic E-state index is 12.6. The zero-order valence-corrected chi connectivity index (χ0v) is 21.8. The number of ether oxygens (including phenoxy) is 1. The van der Waals surface area contributed by atoms with Gasteiger partial charge in [-0.1, -0.05) is 6.92 Å². The van der Waals surface area contributed by atoms with Gasteiger partial charge in [0.25, 0.3) is 0 Å². The molecule has 3 heterocycles. The zero-order chi connectivity index (χ0) is 26.7. The summed E-state index contributed by atoms with van der Waals surface area (Å²) in [5.41, 5.74) is 4.83. The van der Waals surface area contributed by atoms with Gasteiger partial charge in [0.05, 0.1) is 23.9 Å². The number of hydrogen-bond acceptors (Lipinski definition) is 9. The highest BCUT2D eigenvalue weighted by molar-refractivity contribution is 8.03. The van der Waals surface area contributed by atoms with Crippen molar-refractivity contribution < 1.29 is 34.1 Å². The van der Waals surface area contributed by atoms with Crippen LogP contribution in [0.2, 0.25) is 0 Å². The van der Waals surface area contributed by atoms with Crippen molar-refractivity contribution in [2.75, 3.05) is 19.0 Å². The van der Waals surface area contributed by atoms with Crippen molar-refractivity contribution in [1.29, 1.82) is 5.41 Å². The molecule has 6 N–H and O–H groups in total. The number of aliphatic hydroxyl groups excluding tert-OH is 1. The Morgan fingerprint density at radius 1 is 1.39 bits per heavy atom. The molecule has 2 saturated heterocycles. The van der Waals surface area contributed by atoms with Gasteiger partial charge in [-0.25, -0.2) is 9.59 Å². The zero-order valence-electron chi connectivity index (χ0n) is 20.2. The van der Waals surface area contributed by atoms with E-state index >= 15 is 0 Å². The van der Waals surface area contributed by atoms with E-state index in [2.05, 4.69) is 10.1 Å². The first kappa shape index (κ1) is 27.9. The number of aliphatic carboxylic acids is 1. The number of carboxylic acids is 1. The summed E-state index contributed by atoms with van der Waals surface area (Å²) in [6, 6.07) is -0.352. The topological polar surface area (TPSA) is 186 Å². The Morgan fingerprint density at radius 3 is 2.67 bits per heavy atom. The smallest absolute Gasteiger partial charge is 0.406 e. The number of likely N-dealkylation sites (tertiary alicyclic amines) is 1. The molecule has 2 fully saturated rings. The van der Waals surface area contributed by atoms with E-state index in [1.165, 1.54) is 34.5 Å². The molecule has 12 nitrogen and oxygen atoms in total. The number of primary amides is 1. The number of carboxylic acid groups (broad SMARTS) is 1. The molecule has 36 heavy (non-hydrogen) atoms. The molecular weight excluding hydrogens is 510 g/mol. The number of carbonyl (C=O) groups excluding carboxylic acids is 3. The lowest BCUT2D eigenvalue weighted by Gasteiger charge is -2.46. The summed E-state index contributed by atoms with van der Waals surface area (Å²) >= 11 is 2.84. The standard InChI is InChI=1S/C22H31N5O7S2/c1-10-17-16(11(2)28)20(30)27(17)18(21(31)32)19(10)36-14-6-13(26(7-14)12(3)23)8-35-5-4-15(29)25-9-34-22(24)33/h4-5,10-11,13-14,16-17,23,28H,6-9H2,1-3H3,(H2,24,33)(H,25,29)(H,31,32)/b5-4+,23-12?/t10-,11-,13+,14+,16-,17?/m1/s1. The highest BCUT2D eigenvalue weighted by atomic mass is 32.2. The van der Waals surface area contributed by atoms with Crippen LogP contribution in [0.1, 0.15) is 27.2 Å². The van der Waals surface area contributed by atoms with Gasteiger partial charge in [0.15, 0.2) is 6.73 Å². The van der Waals surface area contributed by atoms with E-state index in [4.69, 9.17) is 11.1 Å². The third-order valence-electron chi connectivity index (χ3n) is 6.48. The van der Waals surface area contributed by atoms with Gasteiger partial charge in [-0.05, 0) is 25.7 Å². The molecule has 0 aromatic rings. The van der Waals surface area contributed by atoms with E-state index in [9.17, 15) is 29.4 Å². The molecular formula is C22H31N5O7S2. The fourth-order valence-corrected chi connectivity index (χ4v) is 7.33. The molecule has 198 valence electrons. The van der Waals surface area contributed by atoms with E-state index < -0.39 is 30.0 Å². The summed E-state index contributed by atoms with van der Waals surface area (Å²) in [6.45, 7) is 5.38. The number of amides is 3. The van der Waals surface area contributed by atoms with E-state index in [0.717, 1.165) is 0 Å². The average molecular weight is 542 g/mol. The summed E-state index contributed by atoms with van der Waals surface area (Å²) in [6.07, 6.45) is 0.168. The first-order valence-corrected chi connectivity index (χ1v) is 13.3. The fraction of sp³-hybridized carbons (Fsp3) is 0.591. The molecule has 0 aliphatic carbocycles. The minimum atomic E-state index is -1.15. The van der Waals surface area contributed by atoms with Crippen LogP contribution < -0.4 is 11.1 Å². The molecule has 0 saturated carbocycles. The molecule has 1 unspecified atom stereocenters. The normalized spacial score (nSPS) is 28.2. The van der Waals surface area contributed by atoms with Gasteiger partial charge in [0.1, 0.15) is 5.70 Å². The van der Waals surface area contributed by atoms with Gasteiger partial charge in [0, 0.05) is 40.5 Å². The third kappa shape index (κ3) is 5.81. The Kier molecular flexibility index (Phi) is 8.95. The quantitative estimate of drug-likeness (QED) is 0.0867. The number of carbonyl (C=O) groups is 4. The van der Waals surface area contributed by atoms with Crippen molar-refractivity contribution in [3.8, 4) is 0 Å². The molecule has 0 bridgehead atoms. The summed E-state index contributed by atoms with van der Waals surface area (Å²) < 4.78 is 4.44. The molecule has 3 aliphatic heterocycles. The number of thioether (sulfide) groups is 2. The van der Waals surface area contributed by atoms with E-state index in [1.54, 1.807) is 19.3 Å². The van der Waals surface area contributed by atoms with Gasteiger partial charge in [-0.2, -0.15) is 0 Å². The highest BCUT2D eigenvalue weighted by Gasteiger charge is 2.60. The van der Waals surface area contributed by atoms with Crippen LogP contribution in [0.25, 0.3) is 0 Å². The first-order chi connectivity index (χ1) is 16.9. The van der Waals surface area contributed by atoms with Crippen LogP contribution in [-0.4, -0.2) is 92.2 Å². The number of nitrogens with one attached hydrogen (secondary N) is 2. The molecule has 0 aromatic heterocycles. The predicted octanol–water partition coefficient (Wildman–Crippen LogP) is 0.729. The molecule has 3 amide bonds. The second kappa shape index (κ2) is 11.6. The maximum Gasteiger partial charge on any atom is 0.406 e. The van der Waals surface area contributed by atoms with Crippen molar-refractivity contribution in [3.05, 3.63) is 22.1 Å². The van der Waals surface area contributed by atoms with E-state index in [-0.39, 0.29) is 41.6 Å². The van der Waals surface area contributed by atoms with E-state index in [1.807, 2.05) is 11.8 Å². The number of nitrogens with two attached hydrogens (primary N) is 1. The van der Waals surface area contributed by atoms with Crippen LogP contribution in [0.4, 0.5) is 4.79 Å². The fourth-order valence-electron chi connectivity index (χ4n) is 4.90. The van der Waals surface area contributed by atoms with Crippen molar-refractivity contribution in [2.45, 2.75) is 50.6 Å². The van der Waals surface area contributed by atoms with E-state index in [0.29, 0.717) is 29.5 Å². The van der Waals surface area contributed by atoms with Gasteiger partial charge in [-0.15, -0.1) is 23.5 Å². The molecule has 6 atom stereocenters. The molecule has 3 rings (SSSR count). The Hall–Kier alpha value is -2.71. The van der Waals surface area contributed by atoms with Crippen molar-refractivity contribution in [3.63, 3.8) is 0 Å². The van der Waals surface area contributed by atoms with Gasteiger partial charge in [0.2, 0.25) is 11.8 Å². The maximum atomic E-state index is 12.6. The lowest BCUT2D eigenvalue weighted by molar-refractivity contribution is -0.163. The van der Waals surface area contributed by atoms with Crippen molar-refractivity contribution in [2.24, 2.45) is 17.6 Å². The first-order valence-electron chi connectivity index (χ1n) is 11.4. The summed E-state index contributed by atoms with van der Waals surface area (Å²) in [5.74, 6) is -1.76. The number of nitrogens with zero attached hydrogens (tertiary/aromatic N) is 2. The van der Waals surface area contributed by atoms with Crippen LogP contribution in [-0.2, 0) is 19.1 Å². The Bertz CT molecular complexity index is 1000. The van der Waals surface area contributed by atoms with Crippen molar-refractivity contribution in [1.82, 2.24) is 15.1 Å². The molecule has 3 aliphatic rings. The Morgan fingerprint density at radius 2 is 2.08 bits per heavy atom. The minimum Gasteiger partial charge on any atom is -0.477 e. The molecule has 0 spiro atoms. The lowest BCUT2D eigenvalue weighted by Crippen LogP contribution is -2.63. The summed E-state index contributed by atoms with van der Waals surface area (Å²) in [5, 5.41) is 32.0. The SMILES string of the molecule is CC(=N)N1C[C@@H](SC2=C(C(=O)O)N3C(=O)[C@H]([C@@H](C)O)C3[C@H]2C)C[C@H]1CS/C=C/C(=O)NCOC(N)=O. The number of β-lactam (4-membered cyclic amide) rings is 1. The third-order valence-corrected chi connectivity index (χ3v) is 8.88. The number of aliphatic hydroxyl groups is 1. The minimum absolute atomic E-state index is 0.00427. The van der Waals surface area contributed by atoms with Crippen LogP contribution in [0.5, 0.6) is 0 Å². The number of hydrogen-bond donors (Lipinski definition) is 5. The van der Waals surface area contributed by atoms with Gasteiger partial charge in [-0.3, -0.25) is 15.0 Å². The van der Waals surface area contributed by atoms with Crippen LogP contribution in [0.15, 0.2) is 22.1 Å². The monoisotopic (exact) mass is 541 g/mol. The molecule has 0 radical (unpaired) electrons. The largest absolute Gasteiger partial charge is 0.477 e. The number of rotatable bonds is 10. The van der Waals surface area contributed by atoms with Gasteiger partial charge >= 0.3 is 12.1 Å². The summed E-state index contributed by atoms with van der Waals surface area (Å²) in [7, 11) is 0. The summed E-state index contributed by atoms with van der Waals surface area (Å²) in [4.78, 5) is 50.8. The van der Waals surface area contributed by atoms with Crippen LogP contribution in [0.3, 0.4) is 0 Å². The second-order valence-corrected chi connectivity index (χ2v) is 11.2. The Labute approximate surface area is 217 Å². The van der Waals surface area contributed by atoms with Crippen molar-refractivity contribution >= 4 is 53.2 Å². The van der Waals surface area contributed by atoms with Gasteiger partial charge < -0.3 is 35.8 Å². The predicted molar refractivity (Wildman–Crippen MR) is 135 cm³/mol. The average Bonchev–Trinajstić information content (AvgIpc) is 3.28. The van der Waals surface area contributed by atoms with Crippen LogP contribution in [0, 0.1) is 17.2 Å². The molecule has 14 heteroatoms. The lowest BCUT2D eigenvalue weighted by atomic mass is 9.79. The van der Waals surface area contributed by atoms with Crippen LogP contribution >= 0.6 is 23.5 Å². The number of fused-ring (bicyclic) bond motifs is 1.